The summed E-state index contributed by atoms with van der Waals surface area (Å²) in [6.45, 7) is 4.25. The van der Waals surface area contributed by atoms with Gasteiger partial charge in [0.25, 0.3) is 5.91 Å². The standard InChI is InChI=1S/C20H20N2O4/c1-4-25-17-7-5-6-15-12-18(26-19(15)17)13(2)21-22-20(23)14-8-10-16(24-3)11-9-14/h5-12H,4H2,1-3H3,(H,22,23)/b21-13-. The minimum absolute atomic E-state index is 0.307. The van der Waals surface area contributed by atoms with Crippen molar-refractivity contribution in [3.8, 4) is 11.5 Å². The summed E-state index contributed by atoms with van der Waals surface area (Å²) >= 11 is 0. The van der Waals surface area contributed by atoms with Crippen molar-refractivity contribution in [1.82, 2.24) is 5.43 Å². The van der Waals surface area contributed by atoms with Crippen molar-refractivity contribution < 1.29 is 18.7 Å². The van der Waals surface area contributed by atoms with Gasteiger partial charge >= 0.3 is 0 Å². The number of para-hydroxylation sites is 1. The van der Waals surface area contributed by atoms with E-state index in [0.29, 0.717) is 40.7 Å². The van der Waals surface area contributed by atoms with Crippen LogP contribution in [0.1, 0.15) is 30.0 Å². The van der Waals surface area contributed by atoms with Crippen LogP contribution in [0.2, 0.25) is 0 Å². The molecule has 0 spiro atoms. The topological polar surface area (TPSA) is 73.1 Å². The normalized spacial score (nSPS) is 11.4. The number of ether oxygens (including phenoxy) is 2. The van der Waals surface area contributed by atoms with Gasteiger partial charge in [0.1, 0.15) is 11.5 Å². The molecule has 26 heavy (non-hydrogen) atoms. The molecule has 0 saturated heterocycles. The summed E-state index contributed by atoms with van der Waals surface area (Å²) in [6, 6.07) is 14.4. The maximum atomic E-state index is 12.2. The molecule has 2 aromatic carbocycles. The fraction of sp³-hybridized carbons (Fsp3) is 0.200. The smallest absolute Gasteiger partial charge is 0.271 e. The molecule has 3 rings (SSSR count). The van der Waals surface area contributed by atoms with Crippen molar-refractivity contribution in [3.05, 3.63) is 59.9 Å². The largest absolute Gasteiger partial charge is 0.497 e. The third kappa shape index (κ3) is 3.69. The van der Waals surface area contributed by atoms with Gasteiger partial charge in [0, 0.05) is 10.9 Å². The van der Waals surface area contributed by atoms with Crippen molar-refractivity contribution in [2.24, 2.45) is 5.10 Å². The van der Waals surface area contributed by atoms with Gasteiger partial charge in [-0.25, -0.2) is 5.43 Å². The minimum atomic E-state index is -0.307. The van der Waals surface area contributed by atoms with Crippen LogP contribution in [0.3, 0.4) is 0 Å². The van der Waals surface area contributed by atoms with E-state index in [-0.39, 0.29) is 5.91 Å². The molecule has 0 aliphatic heterocycles. The number of hydrazone groups is 1. The molecular formula is C20H20N2O4. The van der Waals surface area contributed by atoms with Crippen molar-refractivity contribution in [2.45, 2.75) is 13.8 Å². The quantitative estimate of drug-likeness (QED) is 0.538. The van der Waals surface area contributed by atoms with Crippen molar-refractivity contribution in [2.75, 3.05) is 13.7 Å². The SMILES string of the molecule is CCOc1cccc2cc(/C(C)=N\NC(=O)c3ccc(OC)cc3)oc12. The average Bonchev–Trinajstić information content (AvgIpc) is 3.11. The molecule has 0 saturated carbocycles. The Morgan fingerprint density at radius 1 is 1.19 bits per heavy atom. The highest BCUT2D eigenvalue weighted by Gasteiger charge is 2.12. The van der Waals surface area contributed by atoms with Crippen LogP contribution in [0.25, 0.3) is 11.0 Å². The van der Waals surface area contributed by atoms with Crippen LogP contribution in [-0.4, -0.2) is 25.3 Å². The summed E-state index contributed by atoms with van der Waals surface area (Å²) in [5, 5.41) is 5.05. The number of furan rings is 1. The number of carbonyl (C=O) groups is 1. The van der Waals surface area contributed by atoms with E-state index in [2.05, 4.69) is 10.5 Å². The van der Waals surface area contributed by atoms with Crippen LogP contribution < -0.4 is 14.9 Å². The molecule has 3 aromatic rings. The predicted octanol–water partition coefficient (Wildman–Crippen LogP) is 3.99. The highest BCUT2D eigenvalue weighted by molar-refractivity contribution is 6.02. The molecule has 0 bridgehead atoms. The molecule has 0 fully saturated rings. The van der Waals surface area contributed by atoms with E-state index in [1.54, 1.807) is 38.3 Å². The van der Waals surface area contributed by atoms with Gasteiger partial charge in [-0.2, -0.15) is 5.10 Å². The number of amides is 1. The monoisotopic (exact) mass is 352 g/mol. The third-order valence-corrected chi connectivity index (χ3v) is 3.84. The first-order valence-electron chi connectivity index (χ1n) is 8.26. The molecule has 0 aliphatic carbocycles. The Bertz CT molecular complexity index is 942. The van der Waals surface area contributed by atoms with Gasteiger partial charge in [-0.3, -0.25) is 4.79 Å². The fourth-order valence-corrected chi connectivity index (χ4v) is 2.48. The van der Waals surface area contributed by atoms with E-state index in [1.807, 2.05) is 31.2 Å². The molecule has 6 nitrogen and oxygen atoms in total. The highest BCUT2D eigenvalue weighted by Crippen LogP contribution is 2.29. The Morgan fingerprint density at radius 3 is 2.65 bits per heavy atom. The lowest BCUT2D eigenvalue weighted by Gasteiger charge is -2.03. The van der Waals surface area contributed by atoms with Crippen molar-refractivity contribution in [3.63, 3.8) is 0 Å². The molecule has 1 aromatic heterocycles. The number of benzene rings is 2. The first kappa shape index (κ1) is 17.5. The molecule has 0 radical (unpaired) electrons. The molecule has 0 unspecified atom stereocenters. The lowest BCUT2D eigenvalue weighted by Crippen LogP contribution is -2.19. The number of hydrogen-bond acceptors (Lipinski definition) is 5. The Balaban J connectivity index is 1.77. The summed E-state index contributed by atoms with van der Waals surface area (Å²) in [5.41, 5.74) is 4.25. The van der Waals surface area contributed by atoms with Crippen LogP contribution in [0.4, 0.5) is 0 Å². The zero-order chi connectivity index (χ0) is 18.5. The molecule has 0 atom stereocenters. The summed E-state index contributed by atoms with van der Waals surface area (Å²) < 4.78 is 16.5. The summed E-state index contributed by atoms with van der Waals surface area (Å²) in [5.74, 6) is 1.64. The maximum absolute atomic E-state index is 12.2. The number of carbonyl (C=O) groups excluding carboxylic acids is 1. The second-order valence-corrected chi connectivity index (χ2v) is 5.58. The van der Waals surface area contributed by atoms with Gasteiger partial charge in [0.05, 0.1) is 13.7 Å². The van der Waals surface area contributed by atoms with E-state index >= 15 is 0 Å². The number of rotatable bonds is 6. The minimum Gasteiger partial charge on any atom is -0.497 e. The van der Waals surface area contributed by atoms with Gasteiger partial charge in [-0.1, -0.05) is 12.1 Å². The second kappa shape index (κ2) is 7.74. The number of nitrogens with one attached hydrogen (secondary N) is 1. The zero-order valence-corrected chi connectivity index (χ0v) is 14.9. The van der Waals surface area contributed by atoms with Crippen LogP contribution in [-0.2, 0) is 0 Å². The summed E-state index contributed by atoms with van der Waals surface area (Å²) in [4.78, 5) is 12.2. The Kier molecular flexibility index (Phi) is 5.22. The summed E-state index contributed by atoms with van der Waals surface area (Å²) in [6.07, 6.45) is 0. The van der Waals surface area contributed by atoms with Crippen molar-refractivity contribution >= 4 is 22.6 Å². The van der Waals surface area contributed by atoms with E-state index in [1.165, 1.54) is 0 Å². The zero-order valence-electron chi connectivity index (χ0n) is 14.9. The van der Waals surface area contributed by atoms with Gasteiger partial charge in [0.15, 0.2) is 17.1 Å². The lowest BCUT2D eigenvalue weighted by molar-refractivity contribution is 0.0955. The van der Waals surface area contributed by atoms with E-state index in [9.17, 15) is 4.79 Å². The second-order valence-electron chi connectivity index (χ2n) is 5.58. The van der Waals surface area contributed by atoms with Gasteiger partial charge in [0.2, 0.25) is 0 Å². The molecule has 134 valence electrons. The molecule has 1 amide bonds. The van der Waals surface area contributed by atoms with Gasteiger partial charge in [-0.15, -0.1) is 0 Å². The van der Waals surface area contributed by atoms with E-state index < -0.39 is 0 Å². The maximum Gasteiger partial charge on any atom is 0.271 e. The van der Waals surface area contributed by atoms with Crippen LogP contribution in [0.15, 0.2) is 58.0 Å². The summed E-state index contributed by atoms with van der Waals surface area (Å²) in [7, 11) is 1.58. The number of methoxy groups -OCH3 is 1. The number of nitrogens with zero attached hydrogens (tertiary/aromatic N) is 1. The van der Waals surface area contributed by atoms with Crippen LogP contribution >= 0.6 is 0 Å². The number of fused-ring (bicyclic) bond motifs is 1. The van der Waals surface area contributed by atoms with E-state index in [4.69, 9.17) is 13.9 Å². The third-order valence-electron chi connectivity index (χ3n) is 3.84. The predicted molar refractivity (Wildman–Crippen MR) is 100 cm³/mol. The van der Waals surface area contributed by atoms with Gasteiger partial charge in [-0.05, 0) is 50.2 Å². The van der Waals surface area contributed by atoms with E-state index in [0.717, 1.165) is 5.39 Å². The average molecular weight is 352 g/mol. The molecule has 6 heteroatoms. The number of hydrogen-bond donors (Lipinski definition) is 1. The first-order chi connectivity index (χ1) is 12.6. The fourth-order valence-electron chi connectivity index (χ4n) is 2.48. The van der Waals surface area contributed by atoms with Crippen LogP contribution in [0, 0.1) is 0 Å². The Labute approximate surface area is 151 Å². The van der Waals surface area contributed by atoms with Gasteiger partial charge < -0.3 is 13.9 Å². The first-order valence-corrected chi connectivity index (χ1v) is 8.26. The Morgan fingerprint density at radius 2 is 1.96 bits per heavy atom. The molecule has 1 heterocycles. The molecular weight excluding hydrogens is 332 g/mol. The van der Waals surface area contributed by atoms with Crippen molar-refractivity contribution in [1.29, 1.82) is 0 Å². The molecule has 0 aliphatic rings. The van der Waals surface area contributed by atoms with Crippen LogP contribution in [0.5, 0.6) is 11.5 Å². The lowest BCUT2D eigenvalue weighted by atomic mass is 10.2. The highest BCUT2D eigenvalue weighted by atomic mass is 16.5. The Hall–Kier alpha value is -3.28. The molecule has 1 N–H and O–H groups in total.